The molecule has 2 nitrogen and oxygen atoms in total. The summed E-state index contributed by atoms with van der Waals surface area (Å²) in [6, 6.07) is 26.7. The van der Waals surface area contributed by atoms with Gasteiger partial charge < -0.3 is 4.90 Å². The van der Waals surface area contributed by atoms with E-state index < -0.39 is 0 Å². The zero-order valence-corrected chi connectivity index (χ0v) is 14.9. The maximum atomic E-state index is 13.1. The lowest BCUT2D eigenvalue weighted by Gasteiger charge is -2.18. The topological polar surface area (TPSA) is 20.3 Å². The number of carbonyl (C=O) groups excluding carboxylic acids is 1. The molecule has 3 aromatic rings. The summed E-state index contributed by atoms with van der Waals surface area (Å²) in [4.78, 5) is 16.2. The van der Waals surface area contributed by atoms with Gasteiger partial charge in [0.2, 0.25) is 5.91 Å². The number of aryl methyl sites for hydroxylation is 1. The molecule has 1 atom stereocenters. The van der Waals surface area contributed by atoms with Crippen molar-refractivity contribution >= 4 is 23.4 Å². The van der Waals surface area contributed by atoms with E-state index in [9.17, 15) is 4.79 Å². The van der Waals surface area contributed by atoms with Gasteiger partial charge in [-0.1, -0.05) is 66.2 Å². The number of amides is 1. The Morgan fingerprint density at radius 3 is 2.32 bits per heavy atom. The lowest BCUT2D eigenvalue weighted by molar-refractivity contribution is -0.117. The molecule has 0 fully saturated rings. The Hall–Kier alpha value is -2.52. The number of benzene rings is 3. The first kappa shape index (κ1) is 16.0. The lowest BCUT2D eigenvalue weighted by Crippen LogP contribution is -2.27. The predicted molar refractivity (Wildman–Crippen MR) is 104 cm³/mol. The number of thioether (sulfide) groups is 1. The lowest BCUT2D eigenvalue weighted by atomic mass is 10.1. The molecule has 1 heterocycles. The number of fused-ring (bicyclic) bond motifs is 1. The molecule has 0 aromatic heterocycles. The van der Waals surface area contributed by atoms with Crippen LogP contribution in [0.4, 0.5) is 5.69 Å². The fraction of sp³-hybridized carbons (Fsp3) is 0.136. The highest BCUT2D eigenvalue weighted by Gasteiger charge is 2.37. The largest absolute Gasteiger partial charge is 0.306 e. The number of nitrogens with zero attached hydrogens (tertiary/aromatic N) is 1. The molecule has 1 aliphatic rings. The van der Waals surface area contributed by atoms with E-state index in [1.54, 1.807) is 11.8 Å². The highest BCUT2D eigenvalue weighted by atomic mass is 32.2. The predicted octanol–water partition coefficient (Wildman–Crippen LogP) is 5.38. The third-order valence-corrected chi connectivity index (χ3v) is 5.69. The first-order valence-corrected chi connectivity index (χ1v) is 9.28. The van der Waals surface area contributed by atoms with Crippen LogP contribution in [0.3, 0.4) is 0 Å². The van der Waals surface area contributed by atoms with Crippen molar-refractivity contribution in [1.82, 2.24) is 0 Å². The molecule has 0 saturated carbocycles. The Kier molecular flexibility index (Phi) is 4.33. The van der Waals surface area contributed by atoms with E-state index in [1.807, 2.05) is 41.3 Å². The van der Waals surface area contributed by atoms with Crippen molar-refractivity contribution < 1.29 is 4.79 Å². The van der Waals surface area contributed by atoms with Crippen LogP contribution in [0.25, 0.3) is 0 Å². The molecule has 1 aliphatic heterocycles. The van der Waals surface area contributed by atoms with Gasteiger partial charge in [-0.15, -0.1) is 11.8 Å². The van der Waals surface area contributed by atoms with Gasteiger partial charge in [0, 0.05) is 10.6 Å². The van der Waals surface area contributed by atoms with Crippen molar-refractivity contribution in [1.29, 1.82) is 0 Å². The Bertz CT molecular complexity index is 889. The summed E-state index contributed by atoms with van der Waals surface area (Å²) in [7, 11) is 0. The average molecular weight is 345 g/mol. The summed E-state index contributed by atoms with van der Waals surface area (Å²) in [6.45, 7) is 2.69. The van der Waals surface area contributed by atoms with Gasteiger partial charge in [0.15, 0.2) is 0 Å². The van der Waals surface area contributed by atoms with Crippen LogP contribution in [0.15, 0.2) is 83.8 Å². The maximum Gasteiger partial charge on any atom is 0.245 e. The van der Waals surface area contributed by atoms with Crippen LogP contribution < -0.4 is 4.90 Å². The Balaban J connectivity index is 1.65. The molecule has 0 bridgehead atoms. The molecule has 0 spiro atoms. The summed E-state index contributed by atoms with van der Waals surface area (Å²) < 4.78 is 0. The Morgan fingerprint density at radius 1 is 0.880 bits per heavy atom. The van der Waals surface area contributed by atoms with Crippen LogP contribution in [0.5, 0.6) is 0 Å². The van der Waals surface area contributed by atoms with Gasteiger partial charge in [-0.2, -0.15) is 0 Å². The Morgan fingerprint density at radius 2 is 1.56 bits per heavy atom. The second-order valence-electron chi connectivity index (χ2n) is 6.28. The molecule has 124 valence electrons. The minimum Gasteiger partial charge on any atom is -0.306 e. The number of para-hydroxylation sites is 1. The van der Waals surface area contributed by atoms with Crippen molar-refractivity contribution in [3.05, 3.63) is 95.6 Å². The first-order chi connectivity index (χ1) is 12.2. The van der Waals surface area contributed by atoms with Gasteiger partial charge in [0.25, 0.3) is 0 Å². The van der Waals surface area contributed by atoms with Crippen molar-refractivity contribution in [2.24, 2.45) is 0 Å². The molecule has 3 aromatic carbocycles. The van der Waals surface area contributed by atoms with Crippen LogP contribution in [0.1, 0.15) is 21.9 Å². The third kappa shape index (κ3) is 3.20. The van der Waals surface area contributed by atoms with E-state index >= 15 is 0 Å². The zero-order valence-electron chi connectivity index (χ0n) is 14.1. The molecule has 0 N–H and O–H groups in total. The summed E-state index contributed by atoms with van der Waals surface area (Å²) in [6.07, 6.45) is 0. The van der Waals surface area contributed by atoms with Gasteiger partial charge in [-0.25, -0.2) is 0 Å². The maximum absolute atomic E-state index is 13.1. The number of rotatable bonds is 4. The second kappa shape index (κ2) is 6.77. The van der Waals surface area contributed by atoms with Gasteiger partial charge in [0.05, 0.1) is 6.54 Å². The van der Waals surface area contributed by atoms with Gasteiger partial charge >= 0.3 is 0 Å². The fourth-order valence-electron chi connectivity index (χ4n) is 3.14. The minimum atomic E-state index is -0.178. The molecule has 4 rings (SSSR count). The minimum absolute atomic E-state index is 0.163. The summed E-state index contributed by atoms with van der Waals surface area (Å²) in [5.74, 6) is 0.163. The van der Waals surface area contributed by atoms with Crippen molar-refractivity contribution in [3.63, 3.8) is 0 Å². The summed E-state index contributed by atoms with van der Waals surface area (Å²) in [5, 5.41) is -0.178. The Labute approximate surface area is 152 Å². The van der Waals surface area contributed by atoms with Crippen LogP contribution >= 0.6 is 11.8 Å². The number of hydrogen-bond acceptors (Lipinski definition) is 2. The van der Waals surface area contributed by atoms with Gasteiger partial charge in [0.1, 0.15) is 5.25 Å². The molecular weight excluding hydrogens is 326 g/mol. The van der Waals surface area contributed by atoms with Crippen LogP contribution in [-0.4, -0.2) is 5.91 Å². The molecule has 1 unspecified atom stereocenters. The molecule has 1 amide bonds. The highest BCUT2D eigenvalue weighted by molar-refractivity contribution is 8.00. The smallest absolute Gasteiger partial charge is 0.245 e. The molecule has 0 radical (unpaired) electrons. The zero-order chi connectivity index (χ0) is 17.2. The second-order valence-corrected chi connectivity index (χ2v) is 7.46. The molecule has 25 heavy (non-hydrogen) atoms. The summed E-state index contributed by atoms with van der Waals surface area (Å²) in [5.41, 5.74) is 4.51. The van der Waals surface area contributed by atoms with Crippen LogP contribution in [0.2, 0.25) is 0 Å². The molecule has 3 heteroatoms. The highest BCUT2D eigenvalue weighted by Crippen LogP contribution is 2.46. The normalized spacial score (nSPS) is 16.1. The third-order valence-electron chi connectivity index (χ3n) is 4.46. The van der Waals surface area contributed by atoms with E-state index in [4.69, 9.17) is 0 Å². The summed E-state index contributed by atoms with van der Waals surface area (Å²) >= 11 is 1.63. The van der Waals surface area contributed by atoms with Crippen LogP contribution in [-0.2, 0) is 11.3 Å². The van der Waals surface area contributed by atoms with Gasteiger partial charge in [-0.3, -0.25) is 4.79 Å². The van der Waals surface area contributed by atoms with E-state index in [-0.39, 0.29) is 11.2 Å². The van der Waals surface area contributed by atoms with Gasteiger partial charge in [-0.05, 0) is 36.2 Å². The SMILES string of the molecule is Cc1ccc(SC2C(=O)N(Cc3ccccc3)c3ccccc32)cc1. The quantitative estimate of drug-likeness (QED) is 0.633. The molecular formula is C22H19NOS. The monoisotopic (exact) mass is 345 g/mol. The average Bonchev–Trinajstić information content (AvgIpc) is 2.90. The van der Waals surface area contributed by atoms with Crippen molar-refractivity contribution in [3.8, 4) is 0 Å². The van der Waals surface area contributed by atoms with Crippen molar-refractivity contribution in [2.75, 3.05) is 4.90 Å². The number of carbonyl (C=O) groups is 1. The molecule has 0 saturated heterocycles. The number of hydrogen-bond donors (Lipinski definition) is 0. The number of anilines is 1. The van der Waals surface area contributed by atoms with E-state index in [1.165, 1.54) is 5.56 Å². The standard InChI is InChI=1S/C22H19NOS/c1-16-11-13-18(14-12-16)25-21-19-9-5-6-10-20(19)23(22(21)24)15-17-7-3-2-4-8-17/h2-14,21H,15H2,1H3. The first-order valence-electron chi connectivity index (χ1n) is 8.40. The van der Waals surface area contributed by atoms with E-state index in [0.29, 0.717) is 6.54 Å². The van der Waals surface area contributed by atoms with Crippen molar-refractivity contribution in [2.45, 2.75) is 23.6 Å². The fourth-order valence-corrected chi connectivity index (χ4v) is 4.26. The molecule has 0 aliphatic carbocycles. The van der Waals surface area contributed by atoms with E-state index in [0.717, 1.165) is 21.7 Å². The van der Waals surface area contributed by atoms with E-state index in [2.05, 4.69) is 49.4 Å². The van der Waals surface area contributed by atoms with Crippen LogP contribution in [0, 0.1) is 6.92 Å².